The summed E-state index contributed by atoms with van der Waals surface area (Å²) in [5.41, 5.74) is 7.18. The van der Waals surface area contributed by atoms with E-state index in [0.29, 0.717) is 6.54 Å². The molecule has 2 unspecified atom stereocenters. The van der Waals surface area contributed by atoms with Gasteiger partial charge in [-0.3, -0.25) is 4.79 Å². The van der Waals surface area contributed by atoms with E-state index >= 15 is 0 Å². The molecule has 1 aromatic carbocycles. The number of amides is 1. The molecule has 0 heterocycles. The van der Waals surface area contributed by atoms with E-state index in [1.165, 1.54) is 24.8 Å². The Morgan fingerprint density at radius 3 is 2.35 bits per heavy atom. The molecule has 0 bridgehead atoms. The third kappa shape index (κ3) is 4.25. The third-order valence-electron chi connectivity index (χ3n) is 5.32. The summed E-state index contributed by atoms with van der Waals surface area (Å²) in [5.74, 6) is 0.763. The molecule has 1 aliphatic rings. The maximum Gasteiger partial charge on any atom is 0.224 e. The number of hydrogen-bond donors (Lipinski definition) is 2. The molecule has 0 spiro atoms. The van der Waals surface area contributed by atoms with E-state index in [4.69, 9.17) is 10.5 Å². The molecule has 23 heavy (non-hydrogen) atoms. The maximum atomic E-state index is 12.3. The van der Waals surface area contributed by atoms with E-state index in [1.54, 1.807) is 7.11 Å². The Bertz CT molecular complexity index is 505. The van der Waals surface area contributed by atoms with Crippen LogP contribution in [0.3, 0.4) is 0 Å². The number of nitrogens with two attached hydrogens (primary N) is 1. The van der Waals surface area contributed by atoms with Crippen LogP contribution < -0.4 is 15.8 Å². The second-order valence-corrected chi connectivity index (χ2v) is 6.94. The zero-order chi connectivity index (χ0) is 16.9. The van der Waals surface area contributed by atoms with Crippen molar-refractivity contribution in [3.05, 3.63) is 29.8 Å². The van der Waals surface area contributed by atoms with E-state index in [2.05, 4.69) is 17.4 Å². The van der Waals surface area contributed by atoms with Crippen LogP contribution in [0, 0.1) is 5.92 Å². The standard InChI is InChI=1S/C19H30N2O2/c1-14(15(2)20)18(22)21-13-19(11-5-4-6-12-19)16-7-9-17(23-3)10-8-16/h7-10,14-15H,4-6,11-13,20H2,1-3H3,(H,21,22). The number of ether oxygens (including phenoxy) is 1. The molecule has 1 amide bonds. The first kappa shape index (κ1) is 17.8. The first-order chi connectivity index (χ1) is 11.0. The van der Waals surface area contributed by atoms with Crippen LogP contribution in [0.4, 0.5) is 0 Å². The van der Waals surface area contributed by atoms with Crippen LogP contribution in [0.25, 0.3) is 0 Å². The first-order valence-corrected chi connectivity index (χ1v) is 8.66. The molecule has 2 rings (SSSR count). The first-order valence-electron chi connectivity index (χ1n) is 8.66. The van der Waals surface area contributed by atoms with Crippen LogP contribution in [-0.2, 0) is 10.2 Å². The minimum Gasteiger partial charge on any atom is -0.497 e. The lowest BCUT2D eigenvalue weighted by Gasteiger charge is -2.38. The van der Waals surface area contributed by atoms with Gasteiger partial charge in [-0.1, -0.05) is 38.3 Å². The average molecular weight is 318 g/mol. The van der Waals surface area contributed by atoms with Crippen molar-refractivity contribution in [2.24, 2.45) is 11.7 Å². The Kier molecular flexibility index (Phi) is 6.05. The number of methoxy groups -OCH3 is 1. The quantitative estimate of drug-likeness (QED) is 0.847. The van der Waals surface area contributed by atoms with Crippen LogP contribution >= 0.6 is 0 Å². The molecule has 1 aromatic rings. The lowest BCUT2D eigenvalue weighted by atomic mass is 9.69. The van der Waals surface area contributed by atoms with Crippen molar-refractivity contribution in [3.63, 3.8) is 0 Å². The molecule has 0 aromatic heterocycles. The second kappa shape index (κ2) is 7.82. The summed E-state index contributed by atoms with van der Waals surface area (Å²) in [4.78, 5) is 12.3. The van der Waals surface area contributed by atoms with Crippen LogP contribution in [-0.4, -0.2) is 25.6 Å². The molecule has 1 saturated carbocycles. The lowest BCUT2D eigenvalue weighted by molar-refractivity contribution is -0.125. The van der Waals surface area contributed by atoms with Gasteiger partial charge < -0.3 is 15.8 Å². The highest BCUT2D eigenvalue weighted by Crippen LogP contribution is 2.39. The van der Waals surface area contributed by atoms with Gasteiger partial charge >= 0.3 is 0 Å². The maximum absolute atomic E-state index is 12.3. The summed E-state index contributed by atoms with van der Waals surface area (Å²) < 4.78 is 5.26. The fourth-order valence-corrected chi connectivity index (χ4v) is 3.40. The summed E-state index contributed by atoms with van der Waals surface area (Å²) in [7, 11) is 1.68. The molecule has 0 aliphatic heterocycles. The largest absolute Gasteiger partial charge is 0.497 e. The van der Waals surface area contributed by atoms with E-state index in [9.17, 15) is 4.79 Å². The van der Waals surface area contributed by atoms with Crippen molar-refractivity contribution < 1.29 is 9.53 Å². The Morgan fingerprint density at radius 2 is 1.83 bits per heavy atom. The zero-order valence-electron chi connectivity index (χ0n) is 14.6. The minimum atomic E-state index is -0.161. The normalized spacial score (nSPS) is 19.7. The van der Waals surface area contributed by atoms with Gasteiger partial charge in [0.1, 0.15) is 5.75 Å². The average Bonchev–Trinajstić information content (AvgIpc) is 2.59. The lowest BCUT2D eigenvalue weighted by Crippen LogP contribution is -2.46. The highest BCUT2D eigenvalue weighted by Gasteiger charge is 2.34. The van der Waals surface area contributed by atoms with Crippen molar-refractivity contribution in [1.29, 1.82) is 0 Å². The van der Waals surface area contributed by atoms with Gasteiger partial charge in [0.15, 0.2) is 0 Å². The molecular formula is C19H30N2O2. The van der Waals surface area contributed by atoms with Crippen LogP contribution in [0.15, 0.2) is 24.3 Å². The van der Waals surface area contributed by atoms with Gasteiger partial charge in [0.05, 0.1) is 7.11 Å². The Morgan fingerprint density at radius 1 is 1.22 bits per heavy atom. The highest BCUT2D eigenvalue weighted by molar-refractivity contribution is 5.79. The zero-order valence-corrected chi connectivity index (χ0v) is 14.6. The van der Waals surface area contributed by atoms with Gasteiger partial charge in [-0.05, 0) is 37.5 Å². The molecule has 0 saturated heterocycles. The van der Waals surface area contributed by atoms with E-state index in [-0.39, 0.29) is 23.3 Å². The predicted molar refractivity (Wildman–Crippen MR) is 93.6 cm³/mol. The second-order valence-electron chi connectivity index (χ2n) is 6.94. The van der Waals surface area contributed by atoms with E-state index in [0.717, 1.165) is 18.6 Å². The number of hydrogen-bond acceptors (Lipinski definition) is 3. The summed E-state index contributed by atoms with van der Waals surface area (Å²) in [6.07, 6.45) is 5.94. The van der Waals surface area contributed by atoms with Crippen molar-refractivity contribution in [3.8, 4) is 5.75 Å². The number of carbonyl (C=O) groups is 1. The molecular weight excluding hydrogens is 288 g/mol. The molecule has 0 radical (unpaired) electrons. The van der Waals surface area contributed by atoms with Gasteiger partial charge in [0, 0.05) is 23.9 Å². The monoisotopic (exact) mass is 318 g/mol. The molecule has 1 fully saturated rings. The summed E-state index contributed by atoms with van der Waals surface area (Å²) >= 11 is 0. The Hall–Kier alpha value is -1.55. The smallest absolute Gasteiger partial charge is 0.224 e. The minimum absolute atomic E-state index is 0.0394. The predicted octanol–water partition coefficient (Wildman–Crippen LogP) is 3.00. The topological polar surface area (TPSA) is 64.3 Å². The van der Waals surface area contributed by atoms with Gasteiger partial charge in [-0.25, -0.2) is 0 Å². The third-order valence-corrected chi connectivity index (χ3v) is 5.32. The van der Waals surface area contributed by atoms with E-state index < -0.39 is 0 Å². The summed E-state index contributed by atoms with van der Waals surface area (Å²) in [6, 6.07) is 8.19. The van der Waals surface area contributed by atoms with Gasteiger partial charge in [0.2, 0.25) is 5.91 Å². The Labute approximate surface area is 139 Å². The molecule has 1 aliphatic carbocycles. The molecule has 4 nitrogen and oxygen atoms in total. The van der Waals surface area contributed by atoms with Gasteiger partial charge in [-0.2, -0.15) is 0 Å². The van der Waals surface area contributed by atoms with Crippen LogP contribution in [0.1, 0.15) is 51.5 Å². The van der Waals surface area contributed by atoms with Crippen molar-refractivity contribution in [2.75, 3.05) is 13.7 Å². The fraction of sp³-hybridized carbons (Fsp3) is 0.632. The fourth-order valence-electron chi connectivity index (χ4n) is 3.40. The molecule has 2 atom stereocenters. The summed E-state index contributed by atoms with van der Waals surface area (Å²) in [6.45, 7) is 4.46. The van der Waals surface area contributed by atoms with Gasteiger partial charge in [0.25, 0.3) is 0 Å². The molecule has 128 valence electrons. The molecule has 3 N–H and O–H groups in total. The van der Waals surface area contributed by atoms with Gasteiger partial charge in [-0.15, -0.1) is 0 Å². The highest BCUT2D eigenvalue weighted by atomic mass is 16.5. The molecule has 4 heteroatoms. The van der Waals surface area contributed by atoms with Crippen molar-refractivity contribution >= 4 is 5.91 Å². The van der Waals surface area contributed by atoms with Crippen molar-refractivity contribution in [2.45, 2.75) is 57.4 Å². The number of carbonyl (C=O) groups excluding carboxylic acids is 1. The van der Waals surface area contributed by atoms with Crippen LogP contribution in [0.5, 0.6) is 5.75 Å². The SMILES string of the molecule is COc1ccc(C2(CNC(=O)C(C)C(C)N)CCCCC2)cc1. The van der Waals surface area contributed by atoms with Crippen LogP contribution in [0.2, 0.25) is 0 Å². The Balaban J connectivity index is 2.13. The number of benzene rings is 1. The van der Waals surface area contributed by atoms with E-state index in [1.807, 2.05) is 26.0 Å². The number of nitrogens with one attached hydrogen (secondary N) is 1. The summed E-state index contributed by atoms with van der Waals surface area (Å²) in [5, 5.41) is 3.15. The van der Waals surface area contributed by atoms with Crippen molar-refractivity contribution in [1.82, 2.24) is 5.32 Å². The number of rotatable bonds is 6.